The second-order valence-corrected chi connectivity index (χ2v) is 7.41. The third-order valence-electron chi connectivity index (χ3n) is 5.62. The van der Waals surface area contributed by atoms with Gasteiger partial charge in [0, 0.05) is 37.4 Å². The van der Waals surface area contributed by atoms with Crippen molar-refractivity contribution >= 4 is 17.2 Å². The third-order valence-corrected chi connectivity index (χ3v) is 5.62. The van der Waals surface area contributed by atoms with E-state index in [1.54, 1.807) is 10.7 Å². The van der Waals surface area contributed by atoms with Crippen molar-refractivity contribution in [3.63, 3.8) is 0 Å². The molecule has 1 fully saturated rings. The molecule has 1 amide bonds. The molecule has 0 unspecified atom stereocenters. The van der Waals surface area contributed by atoms with Gasteiger partial charge >= 0.3 is 0 Å². The lowest BCUT2D eigenvalue weighted by atomic mass is 10.1. The van der Waals surface area contributed by atoms with Crippen LogP contribution in [-0.4, -0.2) is 56.8 Å². The highest BCUT2D eigenvalue weighted by Crippen LogP contribution is 2.24. The molecule has 0 saturated carbocycles. The number of aromatic nitrogens is 4. The molecule has 5 rings (SSSR count). The number of aryl methyl sites for hydroxylation is 1. The number of carbonyl (C=O) groups excluding carboxylic acids is 1. The molecule has 4 aromatic rings. The van der Waals surface area contributed by atoms with Crippen molar-refractivity contribution in [1.29, 1.82) is 0 Å². The zero-order chi connectivity index (χ0) is 20.5. The highest BCUT2D eigenvalue weighted by atomic mass is 16.2. The average Bonchev–Trinajstić information content (AvgIpc) is 3.25. The van der Waals surface area contributed by atoms with Crippen LogP contribution in [-0.2, 0) is 0 Å². The van der Waals surface area contributed by atoms with Crippen LogP contribution >= 0.6 is 0 Å². The summed E-state index contributed by atoms with van der Waals surface area (Å²) in [6, 6.07) is 20.2. The average molecular weight is 398 g/mol. The normalized spacial score (nSPS) is 14.3. The summed E-state index contributed by atoms with van der Waals surface area (Å²) in [7, 11) is 0. The van der Waals surface area contributed by atoms with Crippen molar-refractivity contribution in [3.8, 4) is 11.1 Å². The van der Waals surface area contributed by atoms with Gasteiger partial charge in [0.25, 0.3) is 5.91 Å². The van der Waals surface area contributed by atoms with Crippen molar-refractivity contribution in [2.45, 2.75) is 6.92 Å². The van der Waals surface area contributed by atoms with Gasteiger partial charge in [-0.15, -0.1) is 10.2 Å². The van der Waals surface area contributed by atoms with Gasteiger partial charge in [0.2, 0.25) is 0 Å². The van der Waals surface area contributed by atoms with Crippen LogP contribution in [0.15, 0.2) is 66.9 Å². The van der Waals surface area contributed by atoms with Gasteiger partial charge in [-0.3, -0.25) is 4.79 Å². The SMILES string of the molecule is Cc1c(C(=O)N2CCN(c3ccccc3)CC2)nnc2c(-c3ccccc3)cnn12. The molecule has 0 aliphatic carbocycles. The third kappa shape index (κ3) is 3.18. The Morgan fingerprint density at radius 3 is 2.23 bits per heavy atom. The first-order valence-corrected chi connectivity index (χ1v) is 10.1. The molecule has 0 bridgehead atoms. The highest BCUT2D eigenvalue weighted by Gasteiger charge is 2.26. The van der Waals surface area contributed by atoms with Gasteiger partial charge in [-0.25, -0.2) is 4.52 Å². The molecule has 0 radical (unpaired) electrons. The Balaban J connectivity index is 1.38. The van der Waals surface area contributed by atoms with E-state index in [-0.39, 0.29) is 5.91 Å². The maximum Gasteiger partial charge on any atom is 0.276 e. The fraction of sp³-hybridized carbons (Fsp3) is 0.217. The number of benzene rings is 2. The lowest BCUT2D eigenvalue weighted by Crippen LogP contribution is -2.49. The monoisotopic (exact) mass is 398 g/mol. The minimum atomic E-state index is -0.0913. The number of piperazine rings is 1. The van der Waals surface area contributed by atoms with E-state index in [1.807, 2.05) is 60.4 Å². The maximum atomic E-state index is 13.1. The number of nitrogens with zero attached hydrogens (tertiary/aromatic N) is 6. The Labute approximate surface area is 174 Å². The standard InChI is InChI=1S/C23H22N6O/c1-17-21(23(30)28-14-12-27(13-15-28)19-10-6-3-7-11-19)25-26-22-20(16-24-29(17)22)18-8-4-2-5-9-18/h2-11,16H,12-15H2,1H3. The molecule has 30 heavy (non-hydrogen) atoms. The van der Waals surface area contributed by atoms with Crippen LogP contribution < -0.4 is 4.90 Å². The summed E-state index contributed by atoms with van der Waals surface area (Å²) >= 11 is 0. The lowest BCUT2D eigenvalue weighted by molar-refractivity contribution is 0.0738. The minimum Gasteiger partial charge on any atom is -0.368 e. The van der Waals surface area contributed by atoms with E-state index >= 15 is 0 Å². The molecule has 1 aliphatic rings. The molecule has 2 aromatic carbocycles. The van der Waals surface area contributed by atoms with Crippen LogP contribution in [0.5, 0.6) is 0 Å². The van der Waals surface area contributed by atoms with Crippen LogP contribution in [0.1, 0.15) is 16.2 Å². The highest BCUT2D eigenvalue weighted by molar-refractivity contribution is 5.93. The fourth-order valence-electron chi connectivity index (χ4n) is 3.93. The van der Waals surface area contributed by atoms with Gasteiger partial charge in [-0.05, 0) is 24.6 Å². The molecular formula is C23H22N6O. The van der Waals surface area contributed by atoms with Gasteiger partial charge in [0.1, 0.15) is 0 Å². The van der Waals surface area contributed by atoms with Crippen LogP contribution in [0.25, 0.3) is 16.8 Å². The Hall–Kier alpha value is -3.74. The number of para-hydroxylation sites is 1. The van der Waals surface area contributed by atoms with E-state index in [0.717, 1.165) is 24.2 Å². The summed E-state index contributed by atoms with van der Waals surface area (Å²) in [4.78, 5) is 17.3. The van der Waals surface area contributed by atoms with Crippen LogP contribution in [0, 0.1) is 6.92 Å². The second-order valence-electron chi connectivity index (χ2n) is 7.41. The Kier molecular flexibility index (Phi) is 4.63. The van der Waals surface area contributed by atoms with Gasteiger partial charge in [0.05, 0.1) is 11.9 Å². The van der Waals surface area contributed by atoms with E-state index in [1.165, 1.54) is 5.69 Å². The number of fused-ring (bicyclic) bond motifs is 1. The fourth-order valence-corrected chi connectivity index (χ4v) is 3.93. The van der Waals surface area contributed by atoms with Crippen molar-refractivity contribution in [1.82, 2.24) is 24.7 Å². The maximum absolute atomic E-state index is 13.1. The predicted octanol–water partition coefficient (Wildman–Crippen LogP) is 3.06. The summed E-state index contributed by atoms with van der Waals surface area (Å²) < 4.78 is 1.71. The summed E-state index contributed by atoms with van der Waals surface area (Å²) in [5.41, 5.74) is 4.84. The van der Waals surface area contributed by atoms with Gasteiger partial charge in [-0.1, -0.05) is 48.5 Å². The van der Waals surface area contributed by atoms with E-state index < -0.39 is 0 Å². The molecule has 3 heterocycles. The largest absolute Gasteiger partial charge is 0.368 e. The van der Waals surface area contributed by atoms with Crippen LogP contribution in [0.2, 0.25) is 0 Å². The summed E-state index contributed by atoms with van der Waals surface area (Å²) in [5, 5.41) is 13.1. The number of carbonyl (C=O) groups is 1. The predicted molar refractivity (Wildman–Crippen MR) is 116 cm³/mol. The van der Waals surface area contributed by atoms with Gasteiger partial charge in [-0.2, -0.15) is 5.10 Å². The van der Waals surface area contributed by atoms with E-state index in [2.05, 4.69) is 32.3 Å². The molecule has 7 heteroatoms. The molecule has 7 nitrogen and oxygen atoms in total. The first kappa shape index (κ1) is 18.3. The topological polar surface area (TPSA) is 66.6 Å². The summed E-state index contributed by atoms with van der Waals surface area (Å²) in [6.07, 6.45) is 1.78. The van der Waals surface area contributed by atoms with E-state index in [9.17, 15) is 4.79 Å². The van der Waals surface area contributed by atoms with E-state index in [0.29, 0.717) is 30.1 Å². The first-order chi connectivity index (χ1) is 14.7. The van der Waals surface area contributed by atoms with Crippen molar-refractivity contribution in [2.24, 2.45) is 0 Å². The molecule has 0 spiro atoms. The molecule has 0 atom stereocenters. The quantitative estimate of drug-likeness (QED) is 0.531. The zero-order valence-electron chi connectivity index (χ0n) is 16.8. The number of anilines is 1. The minimum absolute atomic E-state index is 0.0913. The molecule has 0 N–H and O–H groups in total. The van der Waals surface area contributed by atoms with Crippen LogP contribution in [0.4, 0.5) is 5.69 Å². The summed E-state index contributed by atoms with van der Waals surface area (Å²) in [6.45, 7) is 4.77. The number of rotatable bonds is 3. The molecular weight excluding hydrogens is 376 g/mol. The summed E-state index contributed by atoms with van der Waals surface area (Å²) in [5.74, 6) is -0.0913. The van der Waals surface area contributed by atoms with Gasteiger partial charge in [0.15, 0.2) is 11.3 Å². The molecule has 150 valence electrons. The second kappa shape index (κ2) is 7.59. The zero-order valence-corrected chi connectivity index (χ0v) is 16.8. The molecule has 2 aromatic heterocycles. The first-order valence-electron chi connectivity index (χ1n) is 10.1. The van der Waals surface area contributed by atoms with Crippen LogP contribution in [0.3, 0.4) is 0 Å². The number of hydrogen-bond acceptors (Lipinski definition) is 5. The van der Waals surface area contributed by atoms with E-state index in [4.69, 9.17) is 0 Å². The van der Waals surface area contributed by atoms with Crippen molar-refractivity contribution in [3.05, 3.63) is 78.2 Å². The number of amides is 1. The smallest absolute Gasteiger partial charge is 0.276 e. The molecule has 1 saturated heterocycles. The molecule has 1 aliphatic heterocycles. The number of hydrogen-bond donors (Lipinski definition) is 0. The Morgan fingerprint density at radius 1 is 0.867 bits per heavy atom. The Bertz CT molecular complexity index is 1180. The van der Waals surface area contributed by atoms with Gasteiger partial charge < -0.3 is 9.80 Å². The van der Waals surface area contributed by atoms with Crippen molar-refractivity contribution in [2.75, 3.05) is 31.1 Å². The lowest BCUT2D eigenvalue weighted by Gasteiger charge is -2.36. The Morgan fingerprint density at radius 2 is 1.53 bits per heavy atom. The van der Waals surface area contributed by atoms with Crippen molar-refractivity contribution < 1.29 is 4.79 Å².